The summed E-state index contributed by atoms with van der Waals surface area (Å²) in [6, 6.07) is 15.6. The van der Waals surface area contributed by atoms with Gasteiger partial charge in [0.2, 0.25) is 0 Å². The molecular weight excluding hydrogens is 405 g/mol. The largest absolute Gasteiger partial charge is 0.490 e. The van der Waals surface area contributed by atoms with E-state index < -0.39 is 0 Å². The van der Waals surface area contributed by atoms with Gasteiger partial charge < -0.3 is 9.47 Å². The monoisotopic (exact) mass is 427 g/mol. The Hall–Kier alpha value is -2.07. The third-order valence-electron chi connectivity index (χ3n) is 5.01. The standard InChI is InChI=1S/C24H23Cl2NO2/c1-2-23(28-15-16-13-17(25)7-10-22(16)26)21-14-27-12-11-19(21)20-5-3-4-6-24(20)29-18-8-9-18/h3-7,10-14,18,23H,2,8-9,15H2,1H3. The van der Waals surface area contributed by atoms with Gasteiger partial charge in [0.05, 0.1) is 18.8 Å². The van der Waals surface area contributed by atoms with Crippen LogP contribution in [0.25, 0.3) is 11.1 Å². The molecule has 150 valence electrons. The van der Waals surface area contributed by atoms with Crippen LogP contribution in [0.2, 0.25) is 10.0 Å². The van der Waals surface area contributed by atoms with Gasteiger partial charge in [0, 0.05) is 33.6 Å². The third-order valence-corrected chi connectivity index (χ3v) is 5.62. The van der Waals surface area contributed by atoms with Gasteiger partial charge in [-0.15, -0.1) is 0 Å². The molecule has 1 atom stereocenters. The first-order valence-corrected chi connectivity index (χ1v) is 10.7. The van der Waals surface area contributed by atoms with Crippen LogP contribution in [-0.2, 0) is 11.3 Å². The van der Waals surface area contributed by atoms with Gasteiger partial charge in [0.25, 0.3) is 0 Å². The number of benzene rings is 2. The lowest BCUT2D eigenvalue weighted by Crippen LogP contribution is -2.07. The van der Waals surface area contributed by atoms with Crippen molar-refractivity contribution in [1.82, 2.24) is 4.98 Å². The Morgan fingerprint density at radius 2 is 1.90 bits per heavy atom. The molecule has 0 saturated heterocycles. The van der Waals surface area contributed by atoms with Crippen molar-refractivity contribution in [2.24, 2.45) is 0 Å². The van der Waals surface area contributed by atoms with E-state index in [-0.39, 0.29) is 6.10 Å². The molecule has 0 spiro atoms. The minimum atomic E-state index is -0.122. The summed E-state index contributed by atoms with van der Waals surface area (Å²) in [4.78, 5) is 4.36. The maximum absolute atomic E-state index is 6.30. The van der Waals surface area contributed by atoms with Crippen molar-refractivity contribution in [2.45, 2.75) is 45.0 Å². The molecule has 1 aromatic heterocycles. The van der Waals surface area contributed by atoms with Crippen LogP contribution >= 0.6 is 23.2 Å². The summed E-state index contributed by atoms with van der Waals surface area (Å²) in [6.45, 7) is 2.49. The summed E-state index contributed by atoms with van der Waals surface area (Å²) in [5.74, 6) is 0.912. The van der Waals surface area contributed by atoms with Gasteiger partial charge in [-0.1, -0.05) is 48.3 Å². The molecule has 3 nitrogen and oxygen atoms in total. The Bertz CT molecular complexity index is 988. The minimum absolute atomic E-state index is 0.122. The van der Waals surface area contributed by atoms with Gasteiger partial charge in [-0.3, -0.25) is 4.98 Å². The summed E-state index contributed by atoms with van der Waals surface area (Å²) in [6.07, 6.45) is 6.97. The molecule has 29 heavy (non-hydrogen) atoms. The van der Waals surface area contributed by atoms with Crippen LogP contribution in [0, 0.1) is 0 Å². The van der Waals surface area contributed by atoms with E-state index >= 15 is 0 Å². The van der Waals surface area contributed by atoms with Crippen LogP contribution in [0.1, 0.15) is 43.4 Å². The SMILES string of the molecule is CCC(OCc1cc(Cl)ccc1Cl)c1cnccc1-c1ccccc1OC1CC1. The second-order valence-electron chi connectivity index (χ2n) is 7.22. The number of hydrogen-bond donors (Lipinski definition) is 0. The van der Waals surface area contributed by atoms with Crippen LogP contribution in [0.5, 0.6) is 5.75 Å². The summed E-state index contributed by atoms with van der Waals surface area (Å²) in [5.41, 5.74) is 4.07. The van der Waals surface area contributed by atoms with E-state index in [1.54, 1.807) is 12.1 Å². The maximum Gasteiger partial charge on any atom is 0.127 e. The van der Waals surface area contributed by atoms with Gasteiger partial charge in [0.15, 0.2) is 0 Å². The molecule has 1 heterocycles. The molecule has 1 aliphatic carbocycles. The molecule has 1 saturated carbocycles. The molecule has 0 radical (unpaired) electrons. The summed E-state index contributed by atoms with van der Waals surface area (Å²) >= 11 is 12.4. The van der Waals surface area contributed by atoms with Crippen molar-refractivity contribution in [2.75, 3.05) is 0 Å². The number of ether oxygens (including phenoxy) is 2. The number of pyridine rings is 1. The summed E-state index contributed by atoms with van der Waals surface area (Å²) in [5, 5.41) is 1.30. The third kappa shape index (κ3) is 4.92. The molecule has 2 aromatic carbocycles. The van der Waals surface area contributed by atoms with E-state index in [1.807, 2.05) is 42.7 Å². The molecule has 3 aromatic rings. The van der Waals surface area contributed by atoms with Gasteiger partial charge in [-0.2, -0.15) is 0 Å². The lowest BCUT2D eigenvalue weighted by atomic mass is 9.96. The summed E-state index contributed by atoms with van der Waals surface area (Å²) < 4.78 is 12.4. The van der Waals surface area contributed by atoms with Crippen LogP contribution in [0.4, 0.5) is 0 Å². The van der Waals surface area contributed by atoms with E-state index in [0.29, 0.717) is 22.8 Å². The smallest absolute Gasteiger partial charge is 0.127 e. The van der Waals surface area contributed by atoms with Gasteiger partial charge in [0.1, 0.15) is 5.75 Å². The zero-order valence-electron chi connectivity index (χ0n) is 16.3. The molecule has 0 N–H and O–H groups in total. The number of aromatic nitrogens is 1. The zero-order chi connectivity index (χ0) is 20.2. The first-order chi connectivity index (χ1) is 14.2. The topological polar surface area (TPSA) is 31.4 Å². The fourth-order valence-corrected chi connectivity index (χ4v) is 3.70. The second kappa shape index (κ2) is 9.17. The summed E-state index contributed by atoms with van der Waals surface area (Å²) in [7, 11) is 0. The molecule has 0 amide bonds. The predicted molar refractivity (Wildman–Crippen MR) is 118 cm³/mol. The van der Waals surface area contributed by atoms with Crippen molar-refractivity contribution in [3.8, 4) is 16.9 Å². The Balaban J connectivity index is 1.62. The van der Waals surface area contributed by atoms with Crippen LogP contribution in [-0.4, -0.2) is 11.1 Å². The first kappa shape index (κ1) is 20.2. The minimum Gasteiger partial charge on any atom is -0.490 e. The van der Waals surface area contributed by atoms with E-state index in [1.165, 1.54) is 0 Å². The van der Waals surface area contributed by atoms with Crippen LogP contribution < -0.4 is 4.74 Å². The number of halogens is 2. The van der Waals surface area contributed by atoms with Crippen molar-refractivity contribution < 1.29 is 9.47 Å². The van der Waals surface area contributed by atoms with E-state index in [2.05, 4.69) is 18.0 Å². The highest BCUT2D eigenvalue weighted by molar-refractivity contribution is 6.33. The van der Waals surface area contributed by atoms with Gasteiger partial charge >= 0.3 is 0 Å². The molecule has 1 unspecified atom stereocenters. The molecular formula is C24H23Cl2NO2. The quantitative estimate of drug-likeness (QED) is 0.378. The average Bonchev–Trinajstić information content (AvgIpc) is 3.56. The van der Waals surface area contributed by atoms with Gasteiger partial charge in [-0.05, 0) is 60.7 Å². The molecule has 1 fully saturated rings. The molecule has 1 aliphatic rings. The number of rotatable bonds is 8. The van der Waals surface area contributed by atoms with E-state index in [0.717, 1.165) is 47.3 Å². The lowest BCUT2D eigenvalue weighted by molar-refractivity contribution is 0.0373. The van der Waals surface area contributed by atoms with Gasteiger partial charge in [-0.25, -0.2) is 0 Å². The maximum atomic E-state index is 6.30. The van der Waals surface area contributed by atoms with E-state index in [9.17, 15) is 0 Å². The molecule has 0 bridgehead atoms. The highest BCUT2D eigenvalue weighted by Gasteiger charge is 2.25. The Morgan fingerprint density at radius 1 is 1.07 bits per heavy atom. The average molecular weight is 428 g/mol. The number of hydrogen-bond acceptors (Lipinski definition) is 3. The van der Waals surface area contributed by atoms with E-state index in [4.69, 9.17) is 32.7 Å². The molecule has 5 heteroatoms. The second-order valence-corrected chi connectivity index (χ2v) is 8.06. The van der Waals surface area contributed by atoms with Crippen molar-refractivity contribution in [3.05, 3.63) is 82.1 Å². The number of nitrogens with zero attached hydrogens (tertiary/aromatic N) is 1. The Labute approximate surface area is 181 Å². The lowest BCUT2D eigenvalue weighted by Gasteiger charge is -2.21. The van der Waals surface area contributed by atoms with Crippen LogP contribution in [0.15, 0.2) is 60.9 Å². The number of para-hydroxylation sites is 1. The fraction of sp³-hybridized carbons (Fsp3) is 0.292. The highest BCUT2D eigenvalue weighted by Crippen LogP contribution is 2.39. The fourth-order valence-electron chi connectivity index (χ4n) is 3.34. The molecule has 0 aliphatic heterocycles. The van der Waals surface area contributed by atoms with Crippen molar-refractivity contribution in [3.63, 3.8) is 0 Å². The van der Waals surface area contributed by atoms with Crippen molar-refractivity contribution >= 4 is 23.2 Å². The molecule has 4 rings (SSSR count). The zero-order valence-corrected chi connectivity index (χ0v) is 17.8. The predicted octanol–water partition coefficient (Wildman–Crippen LogP) is 7.26. The normalized spacial score (nSPS) is 14.6. The van der Waals surface area contributed by atoms with Crippen molar-refractivity contribution in [1.29, 1.82) is 0 Å². The highest BCUT2D eigenvalue weighted by atomic mass is 35.5. The Morgan fingerprint density at radius 3 is 2.69 bits per heavy atom. The Kier molecular flexibility index (Phi) is 6.39. The van der Waals surface area contributed by atoms with Crippen LogP contribution in [0.3, 0.4) is 0 Å². The first-order valence-electron chi connectivity index (χ1n) is 9.91.